The van der Waals surface area contributed by atoms with Crippen LogP contribution >= 0.6 is 0 Å². The first-order chi connectivity index (χ1) is 3.41. The van der Waals surface area contributed by atoms with Crippen LogP contribution in [-0.4, -0.2) is 22.5 Å². The van der Waals surface area contributed by atoms with Crippen molar-refractivity contribution in [2.24, 2.45) is 5.14 Å². The summed E-state index contributed by atoms with van der Waals surface area (Å²) < 4.78 is 27.9. The molecule has 0 aliphatic carbocycles. The van der Waals surface area contributed by atoms with Crippen molar-refractivity contribution in [3.8, 4) is 0 Å². The Hall–Kier alpha value is -0.200. The highest BCUT2D eigenvalue weighted by Crippen LogP contribution is 1.67. The maximum Gasteiger partial charge on any atom is 0.369 e. The van der Waals surface area contributed by atoms with E-state index in [9.17, 15) is 3.89 Å². The van der Waals surface area contributed by atoms with Gasteiger partial charge in [-0.05, 0) is 14.1 Å². The van der Waals surface area contributed by atoms with Crippen molar-refractivity contribution in [3.05, 3.63) is 0 Å². The molecule has 0 bridgehead atoms. The third-order valence-electron chi connectivity index (χ3n) is 0. The van der Waals surface area contributed by atoms with E-state index >= 15 is 0 Å². The minimum atomic E-state index is -4.67. The minimum absolute atomic E-state index is 1.88. The van der Waals surface area contributed by atoms with Gasteiger partial charge in [-0.15, -0.1) is 0 Å². The van der Waals surface area contributed by atoms with Crippen molar-refractivity contribution in [1.29, 1.82) is 0 Å². The van der Waals surface area contributed by atoms with Gasteiger partial charge in [0.2, 0.25) is 0 Å². The van der Waals surface area contributed by atoms with Gasteiger partial charge in [-0.3, -0.25) is 0 Å². The van der Waals surface area contributed by atoms with Crippen LogP contribution in [0.2, 0.25) is 0 Å². The highest BCUT2D eigenvalue weighted by Gasteiger charge is 1.86. The number of hydrogen-bond donors (Lipinski definition) is 2. The Labute approximate surface area is 48.2 Å². The van der Waals surface area contributed by atoms with Crippen molar-refractivity contribution in [1.82, 2.24) is 5.32 Å². The van der Waals surface area contributed by atoms with Crippen molar-refractivity contribution in [2.45, 2.75) is 0 Å². The zero-order valence-electron chi connectivity index (χ0n) is 4.68. The lowest BCUT2D eigenvalue weighted by Crippen LogP contribution is -2.01. The molecule has 0 spiro atoms. The van der Waals surface area contributed by atoms with E-state index in [1.807, 2.05) is 14.1 Å². The van der Waals surface area contributed by atoms with Gasteiger partial charge in [0.05, 0.1) is 0 Å². The molecule has 0 aliphatic heterocycles. The summed E-state index contributed by atoms with van der Waals surface area (Å²) >= 11 is 0. The number of halogens is 1. The molecule has 3 N–H and O–H groups in total. The van der Waals surface area contributed by atoms with Gasteiger partial charge in [0.15, 0.2) is 0 Å². The van der Waals surface area contributed by atoms with Crippen LogP contribution in [0.5, 0.6) is 0 Å². The highest BCUT2D eigenvalue weighted by atomic mass is 32.3. The summed E-state index contributed by atoms with van der Waals surface area (Å²) in [6, 6.07) is 0. The number of rotatable bonds is 0. The van der Waals surface area contributed by atoms with Crippen LogP contribution in [0.15, 0.2) is 0 Å². The molecule has 0 heterocycles. The molecule has 0 aromatic rings. The van der Waals surface area contributed by atoms with Gasteiger partial charge in [-0.25, -0.2) is 5.14 Å². The Kier molecular flexibility index (Phi) is 6.63. The molecule has 0 fully saturated rings. The van der Waals surface area contributed by atoms with Crippen LogP contribution in [0.25, 0.3) is 0 Å². The van der Waals surface area contributed by atoms with Crippen molar-refractivity contribution < 1.29 is 12.3 Å². The second-order valence-electron chi connectivity index (χ2n) is 0.976. The maximum atomic E-state index is 10.4. The van der Waals surface area contributed by atoms with E-state index in [1.165, 1.54) is 0 Å². The summed E-state index contributed by atoms with van der Waals surface area (Å²) in [7, 11) is -0.917. The monoisotopic (exact) mass is 144 g/mol. The van der Waals surface area contributed by atoms with E-state index in [2.05, 4.69) is 10.5 Å². The number of nitrogens with one attached hydrogen (secondary N) is 1. The Balaban J connectivity index is 0. The topological polar surface area (TPSA) is 72.2 Å². The van der Waals surface area contributed by atoms with E-state index in [-0.39, 0.29) is 0 Å². The predicted molar refractivity (Wildman–Crippen MR) is 29.2 cm³/mol. The molecule has 0 aliphatic rings. The SMILES string of the molecule is CNC.NS(=O)(=O)F. The highest BCUT2D eigenvalue weighted by molar-refractivity contribution is 7.83. The standard InChI is InChI=1S/C2H7N.FH2NO2S/c1-3-2;1-5(2,3)4/h3H,1-2H3;(H2,2,3,4). The summed E-state index contributed by atoms with van der Waals surface area (Å²) in [4.78, 5) is 0. The number of nitrogens with two attached hydrogens (primary N) is 1. The average molecular weight is 144 g/mol. The Morgan fingerprint density at radius 2 is 1.50 bits per heavy atom. The van der Waals surface area contributed by atoms with Gasteiger partial charge in [0, 0.05) is 0 Å². The van der Waals surface area contributed by atoms with E-state index in [1.54, 1.807) is 0 Å². The molecule has 0 unspecified atom stereocenters. The molecular weight excluding hydrogens is 135 g/mol. The molecule has 4 nitrogen and oxygen atoms in total. The van der Waals surface area contributed by atoms with E-state index < -0.39 is 10.4 Å². The second-order valence-corrected chi connectivity index (χ2v) is 1.93. The molecule has 0 amide bonds. The van der Waals surface area contributed by atoms with Gasteiger partial charge >= 0.3 is 10.4 Å². The molecule has 0 atom stereocenters. The molecule has 0 saturated heterocycles. The summed E-state index contributed by atoms with van der Waals surface area (Å²) in [5.74, 6) is 0. The third kappa shape index (κ3) is 3340. The Morgan fingerprint density at radius 1 is 1.50 bits per heavy atom. The molecular formula is C2H9FN2O2S. The summed E-state index contributed by atoms with van der Waals surface area (Å²) in [5, 5.41) is 6.41. The lowest BCUT2D eigenvalue weighted by Gasteiger charge is -1.64. The van der Waals surface area contributed by atoms with E-state index in [0.29, 0.717) is 0 Å². The molecule has 0 saturated carbocycles. The smallest absolute Gasteiger partial charge is 0.323 e. The first-order valence-electron chi connectivity index (χ1n) is 1.72. The van der Waals surface area contributed by atoms with Crippen molar-refractivity contribution >= 4 is 10.4 Å². The molecule has 8 heavy (non-hydrogen) atoms. The second kappa shape index (κ2) is 4.95. The zero-order chi connectivity index (χ0) is 7.21. The first kappa shape index (κ1) is 10.7. The molecule has 0 aromatic carbocycles. The largest absolute Gasteiger partial charge is 0.369 e. The summed E-state index contributed by atoms with van der Waals surface area (Å²) in [6.07, 6.45) is 0. The minimum Gasteiger partial charge on any atom is -0.323 e. The summed E-state index contributed by atoms with van der Waals surface area (Å²) in [6.45, 7) is 0. The van der Waals surface area contributed by atoms with Gasteiger partial charge < -0.3 is 5.32 Å². The Bertz CT molecular complexity index is 112. The van der Waals surface area contributed by atoms with Crippen LogP contribution in [-0.2, 0) is 10.4 Å². The zero-order valence-corrected chi connectivity index (χ0v) is 5.50. The first-order valence-corrected chi connectivity index (χ1v) is 3.17. The van der Waals surface area contributed by atoms with Crippen LogP contribution in [0.3, 0.4) is 0 Å². The van der Waals surface area contributed by atoms with Crippen LogP contribution in [0, 0.1) is 0 Å². The fraction of sp³-hybridized carbons (Fsp3) is 1.00. The summed E-state index contributed by atoms with van der Waals surface area (Å²) in [5.41, 5.74) is 0. The molecule has 0 radical (unpaired) electrons. The normalized spacial score (nSPS) is 9.50. The lowest BCUT2D eigenvalue weighted by atomic mass is 11.3. The van der Waals surface area contributed by atoms with Gasteiger partial charge in [-0.2, -0.15) is 8.42 Å². The predicted octanol–water partition coefficient (Wildman–Crippen LogP) is -1.00. The molecule has 52 valence electrons. The lowest BCUT2D eigenvalue weighted by molar-refractivity contribution is 0.554. The van der Waals surface area contributed by atoms with E-state index in [0.717, 1.165) is 0 Å². The maximum absolute atomic E-state index is 10.4. The van der Waals surface area contributed by atoms with Crippen LogP contribution in [0.1, 0.15) is 0 Å². The third-order valence-corrected chi connectivity index (χ3v) is 0. The van der Waals surface area contributed by atoms with Gasteiger partial charge in [-0.1, -0.05) is 3.89 Å². The molecule has 6 heteroatoms. The fourth-order valence-electron chi connectivity index (χ4n) is 0. The molecule has 0 aromatic heterocycles. The van der Waals surface area contributed by atoms with Crippen LogP contribution < -0.4 is 10.5 Å². The van der Waals surface area contributed by atoms with Crippen molar-refractivity contribution in [3.63, 3.8) is 0 Å². The van der Waals surface area contributed by atoms with E-state index in [4.69, 9.17) is 8.42 Å². The van der Waals surface area contributed by atoms with Gasteiger partial charge in [0.1, 0.15) is 0 Å². The number of hydrogen-bond acceptors (Lipinski definition) is 3. The quantitative estimate of drug-likeness (QED) is 0.428. The fourth-order valence-corrected chi connectivity index (χ4v) is 0. The van der Waals surface area contributed by atoms with Gasteiger partial charge in [0.25, 0.3) is 0 Å². The van der Waals surface area contributed by atoms with Crippen molar-refractivity contribution in [2.75, 3.05) is 14.1 Å². The Morgan fingerprint density at radius 3 is 1.50 bits per heavy atom. The van der Waals surface area contributed by atoms with Crippen LogP contribution in [0.4, 0.5) is 3.89 Å². The molecule has 0 rings (SSSR count). The average Bonchev–Trinajstić information content (AvgIpc) is 1.27.